The number of hydrogen-bond donors (Lipinski definition) is 3. The highest BCUT2D eigenvalue weighted by atomic mass is 16.3. The van der Waals surface area contributed by atoms with E-state index in [1.807, 2.05) is 38.1 Å². The van der Waals surface area contributed by atoms with Crippen molar-refractivity contribution in [2.24, 2.45) is 5.73 Å². The van der Waals surface area contributed by atoms with Crippen LogP contribution in [0.2, 0.25) is 0 Å². The molecule has 4 N–H and O–H groups in total. The Balaban J connectivity index is 2.28. The third-order valence-electron chi connectivity index (χ3n) is 5.01. The second-order valence-electron chi connectivity index (χ2n) is 6.55. The number of aromatic nitrogens is 1. The van der Waals surface area contributed by atoms with Gasteiger partial charge in [-0.15, -0.1) is 0 Å². The molecule has 0 aliphatic heterocycles. The summed E-state index contributed by atoms with van der Waals surface area (Å²) in [5.74, 6) is 0.504. The fourth-order valence-electron chi connectivity index (χ4n) is 3.44. The molecule has 1 atom stereocenters. The molecule has 0 bridgehead atoms. The van der Waals surface area contributed by atoms with E-state index in [1.165, 1.54) is 5.56 Å². The molecule has 0 aliphatic rings. The van der Waals surface area contributed by atoms with Gasteiger partial charge in [-0.25, -0.2) is 0 Å². The van der Waals surface area contributed by atoms with Gasteiger partial charge in [0.05, 0.1) is 0 Å². The van der Waals surface area contributed by atoms with Crippen molar-refractivity contribution in [2.75, 3.05) is 6.54 Å². The van der Waals surface area contributed by atoms with E-state index in [0.29, 0.717) is 18.9 Å². The summed E-state index contributed by atoms with van der Waals surface area (Å²) >= 11 is 0. The number of phenolic OH excluding ortho intramolecular Hbond substituents is 1. The molecule has 1 heterocycles. The molecule has 0 saturated carbocycles. The first-order valence-corrected chi connectivity index (χ1v) is 8.65. The molecule has 0 unspecified atom stereocenters. The average molecular weight is 336 g/mol. The van der Waals surface area contributed by atoms with Gasteiger partial charge in [0.15, 0.2) is 0 Å². The van der Waals surface area contributed by atoms with E-state index < -0.39 is 0 Å². The third-order valence-corrected chi connectivity index (χ3v) is 5.01. The predicted octanol–water partition coefficient (Wildman–Crippen LogP) is 3.83. The van der Waals surface area contributed by atoms with Crippen molar-refractivity contribution in [3.05, 3.63) is 63.4 Å². The van der Waals surface area contributed by atoms with Gasteiger partial charge in [-0.3, -0.25) is 4.79 Å². The average Bonchev–Trinajstić information content (AvgIpc) is 2.62. The quantitative estimate of drug-likeness (QED) is 0.677. The smallest absolute Gasteiger partial charge is 0.251 e. The zero-order valence-electron chi connectivity index (χ0n) is 14.9. The van der Waals surface area contributed by atoms with E-state index in [0.717, 1.165) is 33.2 Å². The number of hydrogen-bond acceptors (Lipinski definition) is 3. The van der Waals surface area contributed by atoms with Crippen LogP contribution in [-0.4, -0.2) is 16.6 Å². The standard InChI is InChI=1S/C21H24N2O2/c1-4-16-13(3)19-17(23-21(16)25)9-10-18(24)20(19)15-7-5-14(6-8-15)12(2)11-22/h5-10,12,24H,4,11,22H2,1-3H3,(H,23,25)/t12-/m0/s1. The first-order chi connectivity index (χ1) is 12.0. The molecular formula is C21H24N2O2. The van der Waals surface area contributed by atoms with E-state index >= 15 is 0 Å². The number of phenols is 1. The van der Waals surface area contributed by atoms with E-state index in [-0.39, 0.29) is 11.3 Å². The summed E-state index contributed by atoms with van der Waals surface area (Å²) in [6, 6.07) is 11.5. The van der Waals surface area contributed by atoms with Crippen LogP contribution in [0.15, 0.2) is 41.2 Å². The Kier molecular flexibility index (Phi) is 4.64. The van der Waals surface area contributed by atoms with Crippen LogP contribution in [0.1, 0.15) is 36.5 Å². The van der Waals surface area contributed by atoms with Gasteiger partial charge in [-0.2, -0.15) is 0 Å². The lowest BCUT2D eigenvalue weighted by Crippen LogP contribution is -2.14. The molecular weight excluding hydrogens is 312 g/mol. The second kappa shape index (κ2) is 6.73. The maximum absolute atomic E-state index is 12.2. The SMILES string of the molecule is CCc1c(C)c2c(-c3ccc([C@@H](C)CN)cc3)c(O)ccc2[nH]c1=O. The lowest BCUT2D eigenvalue weighted by molar-refractivity contribution is 0.478. The summed E-state index contributed by atoms with van der Waals surface area (Å²) in [5, 5.41) is 11.4. The summed E-state index contributed by atoms with van der Waals surface area (Å²) in [7, 11) is 0. The fraction of sp³-hybridized carbons (Fsp3) is 0.286. The van der Waals surface area contributed by atoms with Gasteiger partial charge >= 0.3 is 0 Å². The van der Waals surface area contributed by atoms with Crippen LogP contribution in [-0.2, 0) is 6.42 Å². The number of benzene rings is 2. The van der Waals surface area contributed by atoms with Gasteiger partial charge in [0.25, 0.3) is 5.56 Å². The van der Waals surface area contributed by atoms with Crippen molar-refractivity contribution in [1.82, 2.24) is 4.98 Å². The maximum atomic E-state index is 12.2. The minimum absolute atomic E-state index is 0.0590. The lowest BCUT2D eigenvalue weighted by atomic mass is 9.92. The Hall–Kier alpha value is -2.59. The summed E-state index contributed by atoms with van der Waals surface area (Å²) in [6.45, 7) is 6.60. The maximum Gasteiger partial charge on any atom is 0.251 e. The van der Waals surface area contributed by atoms with Crippen LogP contribution in [0.25, 0.3) is 22.0 Å². The van der Waals surface area contributed by atoms with Crippen LogP contribution >= 0.6 is 0 Å². The van der Waals surface area contributed by atoms with Crippen LogP contribution in [0.4, 0.5) is 0 Å². The zero-order chi connectivity index (χ0) is 18.1. The number of fused-ring (bicyclic) bond motifs is 1. The van der Waals surface area contributed by atoms with Crippen molar-refractivity contribution in [3.8, 4) is 16.9 Å². The molecule has 0 fully saturated rings. The van der Waals surface area contributed by atoms with Crippen LogP contribution in [0.3, 0.4) is 0 Å². The van der Waals surface area contributed by atoms with Crippen molar-refractivity contribution in [1.29, 1.82) is 0 Å². The fourth-order valence-corrected chi connectivity index (χ4v) is 3.44. The van der Waals surface area contributed by atoms with Gasteiger partial charge in [0.2, 0.25) is 0 Å². The Bertz CT molecular complexity index is 972. The van der Waals surface area contributed by atoms with Gasteiger partial charge in [0, 0.05) is 22.0 Å². The van der Waals surface area contributed by atoms with Crippen LogP contribution in [0, 0.1) is 6.92 Å². The van der Waals surface area contributed by atoms with E-state index in [1.54, 1.807) is 12.1 Å². The molecule has 4 nitrogen and oxygen atoms in total. The van der Waals surface area contributed by atoms with E-state index in [2.05, 4.69) is 11.9 Å². The first kappa shape index (κ1) is 17.2. The topological polar surface area (TPSA) is 79.1 Å². The van der Waals surface area contributed by atoms with Crippen molar-refractivity contribution in [2.45, 2.75) is 33.1 Å². The molecule has 0 aliphatic carbocycles. The van der Waals surface area contributed by atoms with Gasteiger partial charge < -0.3 is 15.8 Å². The number of nitrogens with one attached hydrogen (secondary N) is 1. The van der Waals surface area contributed by atoms with Crippen LogP contribution in [0.5, 0.6) is 5.75 Å². The molecule has 0 radical (unpaired) electrons. The lowest BCUT2D eigenvalue weighted by Gasteiger charge is -2.15. The Morgan fingerprint density at radius 2 is 1.84 bits per heavy atom. The van der Waals surface area contributed by atoms with Crippen molar-refractivity contribution < 1.29 is 5.11 Å². The second-order valence-corrected chi connectivity index (χ2v) is 6.55. The van der Waals surface area contributed by atoms with Gasteiger partial charge in [-0.05, 0) is 54.6 Å². The highest BCUT2D eigenvalue weighted by Gasteiger charge is 2.16. The molecule has 25 heavy (non-hydrogen) atoms. The molecule has 3 aromatic rings. The Morgan fingerprint density at radius 3 is 2.44 bits per heavy atom. The third kappa shape index (κ3) is 2.94. The monoisotopic (exact) mass is 336 g/mol. The van der Waals surface area contributed by atoms with Gasteiger partial charge in [-0.1, -0.05) is 38.1 Å². The zero-order valence-corrected chi connectivity index (χ0v) is 14.9. The number of aromatic hydroxyl groups is 1. The summed E-state index contributed by atoms with van der Waals surface area (Å²) in [4.78, 5) is 15.2. The Morgan fingerprint density at radius 1 is 1.16 bits per heavy atom. The largest absolute Gasteiger partial charge is 0.507 e. The minimum atomic E-state index is -0.0590. The molecule has 1 aromatic heterocycles. The number of pyridine rings is 1. The van der Waals surface area contributed by atoms with Gasteiger partial charge in [0.1, 0.15) is 5.75 Å². The Labute approximate surface area is 147 Å². The predicted molar refractivity (Wildman–Crippen MR) is 103 cm³/mol. The number of aromatic amines is 1. The number of nitrogens with two attached hydrogens (primary N) is 1. The highest BCUT2D eigenvalue weighted by molar-refractivity contribution is 6.00. The molecule has 0 spiro atoms. The van der Waals surface area contributed by atoms with E-state index in [9.17, 15) is 9.90 Å². The number of rotatable bonds is 4. The molecule has 0 saturated heterocycles. The highest BCUT2D eigenvalue weighted by Crippen LogP contribution is 2.38. The van der Waals surface area contributed by atoms with E-state index in [4.69, 9.17) is 5.73 Å². The van der Waals surface area contributed by atoms with Crippen molar-refractivity contribution in [3.63, 3.8) is 0 Å². The minimum Gasteiger partial charge on any atom is -0.507 e. The summed E-state index contributed by atoms with van der Waals surface area (Å²) in [5.41, 5.74) is 11.0. The molecule has 0 amide bonds. The van der Waals surface area contributed by atoms with Crippen LogP contribution < -0.4 is 11.3 Å². The summed E-state index contributed by atoms with van der Waals surface area (Å²) in [6.07, 6.45) is 0.652. The first-order valence-electron chi connectivity index (χ1n) is 8.65. The number of aryl methyl sites for hydroxylation is 1. The van der Waals surface area contributed by atoms with Crippen molar-refractivity contribution >= 4 is 10.9 Å². The molecule has 3 rings (SSSR count). The summed E-state index contributed by atoms with van der Waals surface area (Å²) < 4.78 is 0. The number of H-pyrrole nitrogens is 1. The molecule has 130 valence electrons. The normalized spacial score (nSPS) is 12.5. The molecule has 2 aromatic carbocycles. The molecule has 4 heteroatoms.